The number of carbonyl (C=O) groups excluding carboxylic acids is 1. The molecule has 1 atom stereocenters. The van der Waals surface area contributed by atoms with Gasteiger partial charge in [0, 0.05) is 13.1 Å². The third-order valence-electron chi connectivity index (χ3n) is 4.61. The molecule has 0 aliphatic carbocycles. The van der Waals surface area contributed by atoms with Gasteiger partial charge < -0.3 is 10.1 Å². The molecule has 140 valence electrons. The standard InChI is InChI=1S/C19H24N2O4S/c1-26(23,24)21-11-4-7-17(14-21)19(22)20-10-12-25-18-9-8-15-5-2-3-6-16(15)13-18/h2-3,5-6,8-9,13,17H,4,7,10-12,14H2,1H3,(H,20,22). The van der Waals surface area contributed by atoms with E-state index < -0.39 is 10.0 Å². The first-order valence-electron chi connectivity index (χ1n) is 8.78. The minimum absolute atomic E-state index is 0.111. The van der Waals surface area contributed by atoms with Crippen molar-refractivity contribution >= 4 is 26.7 Å². The molecule has 1 amide bonds. The Kier molecular flexibility index (Phi) is 5.78. The summed E-state index contributed by atoms with van der Waals surface area (Å²) in [6.45, 7) is 1.51. The fourth-order valence-electron chi connectivity index (χ4n) is 3.20. The largest absolute Gasteiger partial charge is 0.492 e. The summed E-state index contributed by atoms with van der Waals surface area (Å²) in [5.41, 5.74) is 0. The highest BCUT2D eigenvalue weighted by Crippen LogP contribution is 2.21. The maximum Gasteiger partial charge on any atom is 0.224 e. The van der Waals surface area contributed by atoms with Crippen molar-refractivity contribution in [2.75, 3.05) is 32.5 Å². The average molecular weight is 376 g/mol. The van der Waals surface area contributed by atoms with Gasteiger partial charge in [0.2, 0.25) is 15.9 Å². The first kappa shape index (κ1) is 18.7. The number of amides is 1. The Hall–Kier alpha value is -2.12. The van der Waals surface area contributed by atoms with Crippen LogP contribution in [0.1, 0.15) is 12.8 Å². The van der Waals surface area contributed by atoms with E-state index in [9.17, 15) is 13.2 Å². The van der Waals surface area contributed by atoms with Gasteiger partial charge in [0.15, 0.2) is 0 Å². The molecule has 1 fully saturated rings. The van der Waals surface area contributed by atoms with Crippen molar-refractivity contribution in [3.05, 3.63) is 42.5 Å². The summed E-state index contributed by atoms with van der Waals surface area (Å²) in [5, 5.41) is 5.11. The number of rotatable bonds is 6. The highest BCUT2D eigenvalue weighted by atomic mass is 32.2. The van der Waals surface area contributed by atoms with Crippen LogP contribution in [0.2, 0.25) is 0 Å². The molecule has 2 aromatic carbocycles. The van der Waals surface area contributed by atoms with E-state index >= 15 is 0 Å². The maximum atomic E-state index is 12.3. The number of benzene rings is 2. The minimum Gasteiger partial charge on any atom is -0.492 e. The summed E-state index contributed by atoms with van der Waals surface area (Å²) in [5.74, 6) is 0.360. The first-order chi connectivity index (χ1) is 12.4. The van der Waals surface area contributed by atoms with Gasteiger partial charge in [0.1, 0.15) is 12.4 Å². The van der Waals surface area contributed by atoms with Crippen LogP contribution >= 0.6 is 0 Å². The molecule has 1 saturated heterocycles. The van der Waals surface area contributed by atoms with Crippen LogP contribution in [0.5, 0.6) is 5.75 Å². The number of sulfonamides is 1. The molecule has 7 heteroatoms. The summed E-state index contributed by atoms with van der Waals surface area (Å²) < 4.78 is 30.4. The van der Waals surface area contributed by atoms with Gasteiger partial charge in [-0.25, -0.2) is 12.7 Å². The van der Waals surface area contributed by atoms with Gasteiger partial charge in [0.05, 0.1) is 18.7 Å². The van der Waals surface area contributed by atoms with Crippen molar-refractivity contribution in [2.45, 2.75) is 12.8 Å². The molecule has 1 aliphatic heterocycles. The molecule has 0 bridgehead atoms. The predicted octanol–water partition coefficient (Wildman–Crippen LogP) is 2.01. The van der Waals surface area contributed by atoms with Crippen LogP contribution in [-0.2, 0) is 14.8 Å². The zero-order chi connectivity index (χ0) is 18.6. The molecule has 1 aliphatic rings. The fraction of sp³-hybridized carbons (Fsp3) is 0.421. The van der Waals surface area contributed by atoms with Crippen molar-refractivity contribution in [2.24, 2.45) is 5.92 Å². The topological polar surface area (TPSA) is 75.7 Å². The molecule has 6 nitrogen and oxygen atoms in total. The second-order valence-electron chi connectivity index (χ2n) is 6.61. The van der Waals surface area contributed by atoms with Gasteiger partial charge in [-0.1, -0.05) is 30.3 Å². The second kappa shape index (κ2) is 8.05. The Morgan fingerprint density at radius 1 is 1.23 bits per heavy atom. The van der Waals surface area contributed by atoms with Gasteiger partial charge in [-0.05, 0) is 35.7 Å². The van der Waals surface area contributed by atoms with E-state index in [2.05, 4.69) is 5.32 Å². The minimum atomic E-state index is -3.24. The normalized spacial score (nSPS) is 18.6. The number of fused-ring (bicyclic) bond motifs is 1. The van der Waals surface area contributed by atoms with Gasteiger partial charge >= 0.3 is 0 Å². The fourth-order valence-corrected chi connectivity index (χ4v) is 4.11. The molecule has 0 spiro atoms. The second-order valence-corrected chi connectivity index (χ2v) is 8.59. The van der Waals surface area contributed by atoms with Crippen molar-refractivity contribution < 1.29 is 17.9 Å². The van der Waals surface area contributed by atoms with Crippen LogP contribution in [0, 0.1) is 5.92 Å². The van der Waals surface area contributed by atoms with E-state index in [4.69, 9.17) is 4.74 Å². The quantitative estimate of drug-likeness (QED) is 0.783. The van der Waals surface area contributed by atoms with E-state index in [1.165, 1.54) is 10.6 Å². The average Bonchev–Trinajstić information content (AvgIpc) is 2.64. The van der Waals surface area contributed by atoms with Crippen LogP contribution < -0.4 is 10.1 Å². The van der Waals surface area contributed by atoms with Gasteiger partial charge in [-0.2, -0.15) is 0 Å². The molecule has 0 saturated carbocycles. The van der Waals surface area contributed by atoms with Gasteiger partial charge in [-0.3, -0.25) is 4.79 Å². The summed E-state index contributed by atoms with van der Waals surface area (Å²) in [7, 11) is -3.24. The smallest absolute Gasteiger partial charge is 0.224 e. The maximum absolute atomic E-state index is 12.3. The summed E-state index contributed by atoms with van der Waals surface area (Å²) >= 11 is 0. The van der Waals surface area contributed by atoms with Crippen molar-refractivity contribution in [3.8, 4) is 5.75 Å². The zero-order valence-electron chi connectivity index (χ0n) is 14.8. The molecule has 1 N–H and O–H groups in total. The lowest BCUT2D eigenvalue weighted by Crippen LogP contribution is -2.45. The van der Waals surface area contributed by atoms with Crippen molar-refractivity contribution in [3.63, 3.8) is 0 Å². The van der Waals surface area contributed by atoms with Crippen LogP contribution in [0.15, 0.2) is 42.5 Å². The van der Waals surface area contributed by atoms with Gasteiger partial charge in [0.25, 0.3) is 0 Å². The Labute approximate surface area is 154 Å². The SMILES string of the molecule is CS(=O)(=O)N1CCCC(C(=O)NCCOc2ccc3ccccc3c2)C1. The lowest BCUT2D eigenvalue weighted by Gasteiger charge is -2.30. The molecular formula is C19H24N2O4S. The molecule has 2 aromatic rings. The van der Waals surface area contributed by atoms with Gasteiger partial charge in [-0.15, -0.1) is 0 Å². The first-order valence-corrected chi connectivity index (χ1v) is 10.6. The van der Waals surface area contributed by atoms with Crippen LogP contribution in [0.4, 0.5) is 0 Å². The Balaban J connectivity index is 1.46. The molecule has 1 heterocycles. The highest BCUT2D eigenvalue weighted by molar-refractivity contribution is 7.88. The van der Waals surface area contributed by atoms with Crippen molar-refractivity contribution in [1.82, 2.24) is 9.62 Å². The molecule has 1 unspecified atom stereocenters. The molecule has 0 aromatic heterocycles. The Bertz CT molecular complexity index is 882. The third-order valence-corrected chi connectivity index (χ3v) is 5.88. The molecular weight excluding hydrogens is 352 g/mol. The van der Waals surface area contributed by atoms with Crippen LogP contribution in [0.25, 0.3) is 10.8 Å². The Morgan fingerprint density at radius 2 is 2.00 bits per heavy atom. The number of hydrogen-bond donors (Lipinski definition) is 1. The summed E-state index contributed by atoms with van der Waals surface area (Å²) in [4.78, 5) is 12.3. The predicted molar refractivity (Wildman–Crippen MR) is 102 cm³/mol. The Morgan fingerprint density at radius 3 is 2.77 bits per heavy atom. The molecule has 26 heavy (non-hydrogen) atoms. The van der Waals surface area contributed by atoms with E-state index in [1.54, 1.807) is 0 Å². The lowest BCUT2D eigenvalue weighted by atomic mass is 9.99. The number of carbonyl (C=O) groups is 1. The zero-order valence-corrected chi connectivity index (χ0v) is 15.7. The van der Waals surface area contributed by atoms with Crippen molar-refractivity contribution in [1.29, 1.82) is 0 Å². The third kappa shape index (κ3) is 4.74. The highest BCUT2D eigenvalue weighted by Gasteiger charge is 2.29. The lowest BCUT2D eigenvalue weighted by molar-refractivity contribution is -0.126. The number of nitrogens with zero attached hydrogens (tertiary/aromatic N) is 1. The number of piperidine rings is 1. The molecule has 0 radical (unpaired) electrons. The van der Waals surface area contributed by atoms with E-state index in [1.807, 2.05) is 42.5 Å². The van der Waals surface area contributed by atoms with E-state index in [-0.39, 0.29) is 18.4 Å². The molecule has 3 rings (SSSR count). The van der Waals surface area contributed by atoms with E-state index in [0.717, 1.165) is 16.5 Å². The van der Waals surface area contributed by atoms with Crippen LogP contribution in [-0.4, -0.2) is 51.1 Å². The van der Waals surface area contributed by atoms with E-state index in [0.29, 0.717) is 32.5 Å². The van der Waals surface area contributed by atoms with Crippen LogP contribution in [0.3, 0.4) is 0 Å². The summed E-state index contributed by atoms with van der Waals surface area (Å²) in [6, 6.07) is 13.9. The monoisotopic (exact) mass is 376 g/mol. The number of nitrogens with one attached hydrogen (secondary N) is 1. The summed E-state index contributed by atoms with van der Waals surface area (Å²) in [6.07, 6.45) is 2.60. The number of hydrogen-bond acceptors (Lipinski definition) is 4. The number of ether oxygens (including phenoxy) is 1.